The predicted octanol–water partition coefficient (Wildman–Crippen LogP) is 1.41. The summed E-state index contributed by atoms with van der Waals surface area (Å²) in [4.78, 5) is 25.4. The summed E-state index contributed by atoms with van der Waals surface area (Å²) in [6.07, 6.45) is 6.34. The van der Waals surface area contributed by atoms with Crippen LogP contribution in [0.3, 0.4) is 0 Å². The van der Waals surface area contributed by atoms with Crippen LogP contribution in [0.5, 0.6) is 0 Å². The number of hydrogen-bond acceptors (Lipinski definition) is 7. The number of amides is 1. The first-order valence-electron chi connectivity index (χ1n) is 10.7. The lowest BCUT2D eigenvalue weighted by Crippen LogP contribution is -2.49. The molecule has 0 saturated carbocycles. The smallest absolute Gasteiger partial charge is 0.243 e. The van der Waals surface area contributed by atoms with Gasteiger partial charge in [0, 0.05) is 57.3 Å². The maximum Gasteiger partial charge on any atom is 0.243 e. The molecule has 1 aromatic heterocycles. The van der Waals surface area contributed by atoms with Crippen molar-refractivity contribution in [3.63, 3.8) is 0 Å². The number of piperazine rings is 1. The van der Waals surface area contributed by atoms with Crippen molar-refractivity contribution in [1.29, 1.82) is 0 Å². The molecule has 2 aromatic rings. The molecule has 2 aliphatic heterocycles. The molecule has 31 heavy (non-hydrogen) atoms. The summed E-state index contributed by atoms with van der Waals surface area (Å²) in [5, 5.41) is 2.86. The second-order valence-electron chi connectivity index (χ2n) is 7.85. The monoisotopic (exact) mass is 444 g/mol. The Hall–Kier alpha value is -2.56. The molecule has 0 bridgehead atoms. The maximum absolute atomic E-state index is 12.7. The average Bonchev–Trinajstić information content (AvgIpc) is 2.81. The Morgan fingerprint density at radius 1 is 0.903 bits per heavy atom. The first-order valence-corrected chi connectivity index (χ1v) is 12.1. The molecule has 1 N–H and O–H groups in total. The summed E-state index contributed by atoms with van der Waals surface area (Å²) in [5.41, 5.74) is 0.596. The van der Waals surface area contributed by atoms with E-state index in [0.717, 1.165) is 45.4 Å². The molecule has 166 valence electrons. The van der Waals surface area contributed by atoms with E-state index in [1.807, 2.05) is 0 Å². The van der Waals surface area contributed by atoms with Crippen molar-refractivity contribution in [3.05, 3.63) is 42.7 Å². The van der Waals surface area contributed by atoms with Gasteiger partial charge in [-0.15, -0.1) is 0 Å². The van der Waals surface area contributed by atoms with Gasteiger partial charge >= 0.3 is 0 Å². The normalized spacial score (nSPS) is 18.6. The fourth-order valence-electron chi connectivity index (χ4n) is 3.93. The van der Waals surface area contributed by atoms with Crippen LogP contribution in [0.2, 0.25) is 0 Å². The van der Waals surface area contributed by atoms with E-state index in [0.29, 0.717) is 24.7 Å². The summed E-state index contributed by atoms with van der Waals surface area (Å²) in [6.45, 7) is 4.46. The van der Waals surface area contributed by atoms with Gasteiger partial charge in [0.05, 0.1) is 11.4 Å². The highest BCUT2D eigenvalue weighted by molar-refractivity contribution is 7.89. The number of carbonyl (C=O) groups excluding carboxylic acids is 1. The first kappa shape index (κ1) is 21.7. The van der Waals surface area contributed by atoms with Crippen molar-refractivity contribution in [2.45, 2.75) is 24.2 Å². The predicted molar refractivity (Wildman–Crippen MR) is 118 cm³/mol. The lowest BCUT2D eigenvalue weighted by molar-refractivity contribution is -0.117. The van der Waals surface area contributed by atoms with Gasteiger partial charge in [0.2, 0.25) is 21.9 Å². The van der Waals surface area contributed by atoms with E-state index >= 15 is 0 Å². The molecular formula is C21H28N6O3S. The summed E-state index contributed by atoms with van der Waals surface area (Å²) in [7, 11) is -3.46. The number of rotatable bonds is 6. The number of hydrogen-bond donors (Lipinski definition) is 1. The number of piperidine rings is 1. The van der Waals surface area contributed by atoms with Crippen LogP contribution in [0.4, 0.5) is 11.6 Å². The van der Waals surface area contributed by atoms with Gasteiger partial charge in [0.15, 0.2) is 0 Å². The third-order valence-corrected chi connectivity index (χ3v) is 7.58. The van der Waals surface area contributed by atoms with Crippen molar-refractivity contribution in [1.82, 2.24) is 19.2 Å². The minimum Gasteiger partial charge on any atom is -0.338 e. The van der Waals surface area contributed by atoms with Gasteiger partial charge in [-0.1, -0.05) is 6.42 Å². The summed E-state index contributed by atoms with van der Waals surface area (Å²) in [5.74, 6) is 0.599. The van der Waals surface area contributed by atoms with Crippen LogP contribution in [-0.4, -0.2) is 79.3 Å². The minimum absolute atomic E-state index is 0.115. The van der Waals surface area contributed by atoms with E-state index < -0.39 is 10.0 Å². The van der Waals surface area contributed by atoms with Crippen LogP contribution in [0.1, 0.15) is 19.3 Å². The van der Waals surface area contributed by atoms with Crippen LogP contribution < -0.4 is 10.2 Å². The zero-order valence-electron chi connectivity index (χ0n) is 17.5. The second kappa shape index (κ2) is 9.71. The fraction of sp³-hybridized carbons (Fsp3) is 0.476. The third-order valence-electron chi connectivity index (χ3n) is 5.67. The molecule has 2 fully saturated rings. The molecular weight excluding hydrogens is 416 g/mol. The Morgan fingerprint density at radius 3 is 2.19 bits per heavy atom. The zero-order valence-corrected chi connectivity index (χ0v) is 18.3. The number of aromatic nitrogens is 2. The van der Waals surface area contributed by atoms with Gasteiger partial charge in [-0.05, 0) is 43.2 Å². The van der Waals surface area contributed by atoms with Crippen molar-refractivity contribution in [2.24, 2.45) is 0 Å². The van der Waals surface area contributed by atoms with Gasteiger partial charge in [-0.25, -0.2) is 18.4 Å². The van der Waals surface area contributed by atoms with E-state index in [1.54, 1.807) is 47.0 Å². The van der Waals surface area contributed by atoms with Crippen LogP contribution in [-0.2, 0) is 14.8 Å². The van der Waals surface area contributed by atoms with Crippen LogP contribution in [0.25, 0.3) is 0 Å². The van der Waals surface area contributed by atoms with Gasteiger partial charge in [0.1, 0.15) is 0 Å². The number of anilines is 2. The molecule has 0 unspecified atom stereocenters. The van der Waals surface area contributed by atoms with Crippen molar-refractivity contribution < 1.29 is 13.2 Å². The largest absolute Gasteiger partial charge is 0.338 e. The Balaban J connectivity index is 1.27. The molecule has 2 aliphatic rings. The highest BCUT2D eigenvalue weighted by atomic mass is 32.2. The van der Waals surface area contributed by atoms with Crippen molar-refractivity contribution in [3.8, 4) is 0 Å². The lowest BCUT2D eigenvalue weighted by atomic mass is 10.2. The first-order chi connectivity index (χ1) is 15.0. The minimum atomic E-state index is -3.46. The molecule has 0 spiro atoms. The summed E-state index contributed by atoms with van der Waals surface area (Å²) in [6, 6.07) is 8.23. The van der Waals surface area contributed by atoms with Crippen LogP contribution in [0.15, 0.2) is 47.6 Å². The number of carbonyl (C=O) groups is 1. The maximum atomic E-state index is 12.7. The van der Waals surface area contributed by atoms with Gasteiger partial charge in [-0.3, -0.25) is 9.69 Å². The molecule has 1 amide bonds. The number of sulfonamides is 1. The molecule has 1 aromatic carbocycles. The van der Waals surface area contributed by atoms with E-state index in [1.165, 1.54) is 0 Å². The average molecular weight is 445 g/mol. The van der Waals surface area contributed by atoms with E-state index in [-0.39, 0.29) is 17.3 Å². The topological polar surface area (TPSA) is 98.7 Å². The van der Waals surface area contributed by atoms with Gasteiger partial charge in [-0.2, -0.15) is 4.31 Å². The van der Waals surface area contributed by atoms with Crippen molar-refractivity contribution in [2.75, 3.05) is 56.0 Å². The van der Waals surface area contributed by atoms with E-state index in [9.17, 15) is 13.2 Å². The highest BCUT2D eigenvalue weighted by Crippen LogP contribution is 2.22. The molecule has 2 saturated heterocycles. The van der Waals surface area contributed by atoms with Crippen LogP contribution in [0, 0.1) is 0 Å². The third kappa shape index (κ3) is 5.38. The molecule has 10 heteroatoms. The Kier molecular flexibility index (Phi) is 6.79. The molecule has 0 atom stereocenters. The van der Waals surface area contributed by atoms with Crippen LogP contribution >= 0.6 is 0 Å². The Labute approximate surface area is 183 Å². The van der Waals surface area contributed by atoms with E-state index in [4.69, 9.17) is 0 Å². The van der Waals surface area contributed by atoms with Crippen molar-refractivity contribution >= 4 is 27.6 Å². The van der Waals surface area contributed by atoms with Gasteiger partial charge in [0.25, 0.3) is 0 Å². The molecule has 4 rings (SSSR count). The quantitative estimate of drug-likeness (QED) is 0.719. The SMILES string of the molecule is O=C(CN1CCN(c2ncccn2)CC1)Nc1ccc(S(=O)(=O)N2CCCCC2)cc1. The number of nitrogens with one attached hydrogen (secondary N) is 1. The fourth-order valence-corrected chi connectivity index (χ4v) is 5.45. The molecule has 0 radical (unpaired) electrons. The molecule has 0 aliphatic carbocycles. The highest BCUT2D eigenvalue weighted by Gasteiger charge is 2.26. The standard InChI is InChI=1S/C21H28N6O3S/c28-20(17-25-13-15-26(16-14-25)21-22-9-4-10-23-21)24-18-5-7-19(8-6-18)31(29,30)27-11-2-1-3-12-27/h4-10H,1-3,11-17H2,(H,24,28). The summed E-state index contributed by atoms with van der Waals surface area (Å²) < 4.78 is 27.0. The Bertz CT molecular complexity index is 970. The van der Waals surface area contributed by atoms with E-state index in [2.05, 4.69) is 25.1 Å². The van der Waals surface area contributed by atoms with Gasteiger partial charge < -0.3 is 10.2 Å². The number of nitrogens with zero attached hydrogens (tertiary/aromatic N) is 5. The second-order valence-corrected chi connectivity index (χ2v) is 9.79. The Morgan fingerprint density at radius 2 is 1.55 bits per heavy atom. The molecule has 3 heterocycles. The lowest BCUT2D eigenvalue weighted by Gasteiger charge is -2.34. The molecule has 9 nitrogen and oxygen atoms in total. The summed E-state index contributed by atoms with van der Waals surface area (Å²) >= 11 is 0. The number of benzene rings is 1. The zero-order chi connectivity index (χ0) is 21.7.